The highest BCUT2D eigenvalue weighted by molar-refractivity contribution is 5.21. The van der Waals surface area contributed by atoms with Crippen molar-refractivity contribution in [2.24, 2.45) is 5.92 Å². The third-order valence-corrected chi connectivity index (χ3v) is 3.13. The van der Waals surface area contributed by atoms with Gasteiger partial charge in [-0.25, -0.2) is 4.68 Å². The van der Waals surface area contributed by atoms with Gasteiger partial charge in [0.25, 0.3) is 0 Å². The van der Waals surface area contributed by atoms with Gasteiger partial charge in [-0.15, -0.1) is 5.10 Å². The second kappa shape index (κ2) is 4.06. The van der Waals surface area contributed by atoms with Gasteiger partial charge in [-0.1, -0.05) is 35.5 Å². The van der Waals surface area contributed by atoms with E-state index in [1.807, 2.05) is 16.9 Å². The Balaban J connectivity index is 1.96. The average Bonchev–Trinajstić information content (AvgIpc) is 2.77. The van der Waals surface area contributed by atoms with Crippen molar-refractivity contribution in [3.63, 3.8) is 0 Å². The van der Waals surface area contributed by atoms with Gasteiger partial charge in [0.2, 0.25) is 0 Å². The van der Waals surface area contributed by atoms with Crippen molar-refractivity contribution in [1.82, 2.24) is 20.3 Å². The van der Waals surface area contributed by atoms with E-state index in [1.165, 1.54) is 5.56 Å². The molecule has 3 rings (SSSR count). The lowest BCUT2D eigenvalue weighted by Gasteiger charge is -2.34. The van der Waals surface area contributed by atoms with Crippen LogP contribution in [0.5, 0.6) is 0 Å². The van der Waals surface area contributed by atoms with Crippen molar-refractivity contribution >= 4 is 0 Å². The minimum absolute atomic E-state index is 0.310. The first-order valence-corrected chi connectivity index (χ1v) is 5.56. The summed E-state index contributed by atoms with van der Waals surface area (Å²) in [6.45, 7) is 2.11. The molecule has 1 fully saturated rings. The predicted octanol–water partition coefficient (Wildman–Crippen LogP) is 1.09. The molecule has 0 radical (unpaired) electrons. The first-order chi connectivity index (χ1) is 7.95. The fourth-order valence-corrected chi connectivity index (χ4v) is 2.19. The number of hydrogen-bond donors (Lipinski definition) is 1. The van der Waals surface area contributed by atoms with Gasteiger partial charge in [-0.05, 0) is 5.56 Å². The molecule has 1 aromatic carbocycles. The lowest BCUT2D eigenvalue weighted by molar-refractivity contribution is 0.250. The summed E-state index contributed by atoms with van der Waals surface area (Å²) in [5, 5.41) is 11.3. The molecular formula is C12H14N4. The number of rotatable bonds is 3. The molecule has 82 valence electrons. The smallest absolute Gasteiger partial charge is 0.0838 e. The van der Waals surface area contributed by atoms with E-state index < -0.39 is 0 Å². The quantitative estimate of drug-likeness (QED) is 0.831. The van der Waals surface area contributed by atoms with Crippen LogP contribution in [0.1, 0.15) is 11.6 Å². The van der Waals surface area contributed by atoms with Crippen LogP contribution in [0, 0.1) is 5.92 Å². The third kappa shape index (κ3) is 1.61. The summed E-state index contributed by atoms with van der Waals surface area (Å²) in [6.07, 6.45) is 3.68. The molecule has 0 saturated carbocycles. The maximum absolute atomic E-state index is 4.13. The summed E-state index contributed by atoms with van der Waals surface area (Å²) < 4.78 is 1.96. The fourth-order valence-electron chi connectivity index (χ4n) is 2.19. The van der Waals surface area contributed by atoms with Crippen molar-refractivity contribution in [2.75, 3.05) is 13.1 Å². The molecule has 1 aliphatic rings. The van der Waals surface area contributed by atoms with Crippen LogP contribution in [0.3, 0.4) is 0 Å². The molecule has 16 heavy (non-hydrogen) atoms. The molecule has 1 aromatic heterocycles. The van der Waals surface area contributed by atoms with Crippen LogP contribution < -0.4 is 5.32 Å². The van der Waals surface area contributed by atoms with E-state index in [1.54, 1.807) is 6.20 Å². The van der Waals surface area contributed by atoms with Crippen LogP contribution in [0.4, 0.5) is 0 Å². The number of hydrogen-bond acceptors (Lipinski definition) is 3. The third-order valence-electron chi connectivity index (χ3n) is 3.13. The highest BCUT2D eigenvalue weighted by Gasteiger charge is 2.30. The van der Waals surface area contributed by atoms with Crippen molar-refractivity contribution in [1.29, 1.82) is 0 Å². The largest absolute Gasteiger partial charge is 0.316 e. The van der Waals surface area contributed by atoms with Crippen molar-refractivity contribution < 1.29 is 0 Å². The molecule has 0 aliphatic carbocycles. The molecule has 2 aromatic rings. The highest BCUT2D eigenvalue weighted by atomic mass is 15.4. The maximum Gasteiger partial charge on any atom is 0.0838 e. The molecule has 0 amide bonds. The van der Waals surface area contributed by atoms with Crippen LogP contribution in [-0.2, 0) is 0 Å². The molecule has 0 spiro atoms. The minimum atomic E-state index is 0.310. The van der Waals surface area contributed by atoms with E-state index in [4.69, 9.17) is 0 Å². The first kappa shape index (κ1) is 9.54. The zero-order valence-electron chi connectivity index (χ0n) is 8.95. The van der Waals surface area contributed by atoms with E-state index >= 15 is 0 Å². The van der Waals surface area contributed by atoms with Gasteiger partial charge < -0.3 is 5.32 Å². The van der Waals surface area contributed by atoms with Crippen LogP contribution >= 0.6 is 0 Å². The Hall–Kier alpha value is -1.68. The van der Waals surface area contributed by atoms with E-state index in [0.29, 0.717) is 12.0 Å². The van der Waals surface area contributed by atoms with Gasteiger partial charge in [0.1, 0.15) is 0 Å². The number of aromatic nitrogens is 3. The van der Waals surface area contributed by atoms with E-state index in [2.05, 4.69) is 39.9 Å². The Bertz CT molecular complexity index is 433. The Morgan fingerprint density at radius 2 is 2.06 bits per heavy atom. The molecule has 1 N–H and O–H groups in total. The summed E-state index contributed by atoms with van der Waals surface area (Å²) in [6, 6.07) is 10.8. The standard InChI is InChI=1S/C12H14N4/c1-2-4-10(5-3-1)12(11-8-13-9-11)16-7-6-14-15-16/h1-7,11-13H,8-9H2/t12-/m0/s1. The Morgan fingerprint density at radius 3 is 2.62 bits per heavy atom. The lowest BCUT2D eigenvalue weighted by atomic mass is 9.89. The average molecular weight is 214 g/mol. The van der Waals surface area contributed by atoms with Gasteiger partial charge in [0, 0.05) is 25.2 Å². The SMILES string of the molecule is c1ccc([C@@H](C2CNC2)n2ccnn2)cc1. The van der Waals surface area contributed by atoms with E-state index in [0.717, 1.165) is 13.1 Å². The summed E-state index contributed by atoms with van der Waals surface area (Å²) >= 11 is 0. The Kier molecular flexibility index (Phi) is 2.42. The molecular weight excluding hydrogens is 200 g/mol. The van der Waals surface area contributed by atoms with Gasteiger partial charge in [-0.2, -0.15) is 0 Å². The van der Waals surface area contributed by atoms with Crippen LogP contribution in [0.25, 0.3) is 0 Å². The molecule has 0 bridgehead atoms. The lowest BCUT2D eigenvalue weighted by Crippen LogP contribution is -2.47. The maximum atomic E-state index is 4.13. The molecule has 1 saturated heterocycles. The molecule has 0 unspecified atom stereocenters. The molecule has 4 heteroatoms. The summed E-state index contributed by atoms with van der Waals surface area (Å²) in [5.41, 5.74) is 1.31. The molecule has 4 nitrogen and oxygen atoms in total. The summed E-state index contributed by atoms with van der Waals surface area (Å²) in [5.74, 6) is 0.615. The van der Waals surface area contributed by atoms with E-state index in [-0.39, 0.29) is 0 Å². The second-order valence-electron chi connectivity index (χ2n) is 4.16. The van der Waals surface area contributed by atoms with Crippen molar-refractivity contribution in [3.05, 3.63) is 48.3 Å². The highest BCUT2D eigenvalue weighted by Crippen LogP contribution is 2.28. The van der Waals surface area contributed by atoms with Crippen molar-refractivity contribution in [2.45, 2.75) is 6.04 Å². The van der Waals surface area contributed by atoms with Gasteiger partial charge in [-0.3, -0.25) is 0 Å². The molecule has 1 atom stereocenters. The van der Waals surface area contributed by atoms with Crippen LogP contribution in [0.15, 0.2) is 42.7 Å². The Labute approximate surface area is 94.3 Å². The van der Waals surface area contributed by atoms with Gasteiger partial charge >= 0.3 is 0 Å². The predicted molar refractivity (Wildman–Crippen MR) is 61.0 cm³/mol. The van der Waals surface area contributed by atoms with Crippen LogP contribution in [0.2, 0.25) is 0 Å². The van der Waals surface area contributed by atoms with E-state index in [9.17, 15) is 0 Å². The fraction of sp³-hybridized carbons (Fsp3) is 0.333. The number of nitrogens with zero attached hydrogens (tertiary/aromatic N) is 3. The molecule has 1 aliphatic heterocycles. The Morgan fingerprint density at radius 1 is 1.25 bits per heavy atom. The normalized spacial score (nSPS) is 18.0. The van der Waals surface area contributed by atoms with Gasteiger partial charge in [0.15, 0.2) is 0 Å². The first-order valence-electron chi connectivity index (χ1n) is 5.56. The second-order valence-corrected chi connectivity index (χ2v) is 4.16. The van der Waals surface area contributed by atoms with Gasteiger partial charge in [0.05, 0.1) is 12.2 Å². The number of nitrogens with one attached hydrogen (secondary N) is 1. The zero-order chi connectivity index (χ0) is 10.8. The summed E-state index contributed by atoms with van der Waals surface area (Å²) in [7, 11) is 0. The monoisotopic (exact) mass is 214 g/mol. The van der Waals surface area contributed by atoms with Crippen molar-refractivity contribution in [3.8, 4) is 0 Å². The topological polar surface area (TPSA) is 42.7 Å². The van der Waals surface area contributed by atoms with Crippen LogP contribution in [-0.4, -0.2) is 28.1 Å². The minimum Gasteiger partial charge on any atom is -0.316 e. The molecule has 2 heterocycles. The zero-order valence-corrected chi connectivity index (χ0v) is 8.95. The summed E-state index contributed by atoms with van der Waals surface area (Å²) in [4.78, 5) is 0. The number of benzene rings is 1.